The van der Waals surface area contributed by atoms with E-state index in [1.54, 1.807) is 0 Å². The molecule has 60 valence electrons. The van der Waals surface area contributed by atoms with Crippen LogP contribution >= 0.6 is 0 Å². The molecule has 3 N–H and O–H groups in total. The molecule has 0 spiro atoms. The molecule has 0 saturated carbocycles. The van der Waals surface area contributed by atoms with Gasteiger partial charge in [0.2, 0.25) is 0 Å². The van der Waals surface area contributed by atoms with Gasteiger partial charge in [-0.25, -0.2) is 4.79 Å². The van der Waals surface area contributed by atoms with Crippen molar-refractivity contribution < 1.29 is 17.4 Å². The molecule has 0 saturated heterocycles. The molecule has 0 atom stereocenters. The summed E-state index contributed by atoms with van der Waals surface area (Å²) in [7, 11) is -2.66. The van der Waals surface area contributed by atoms with E-state index in [1.807, 2.05) is 0 Å². The van der Waals surface area contributed by atoms with E-state index < -0.39 is 16.3 Å². The summed E-state index contributed by atoms with van der Waals surface area (Å²) in [5, 5.41) is 6.76. The van der Waals surface area contributed by atoms with E-state index in [9.17, 15) is 13.2 Å². The van der Waals surface area contributed by atoms with E-state index in [-0.39, 0.29) is 6.54 Å². The molecule has 10 heavy (non-hydrogen) atoms. The average Bonchev–Trinajstić information content (AvgIpc) is 1.59. The van der Waals surface area contributed by atoms with Crippen molar-refractivity contribution >= 4 is 16.3 Å². The van der Waals surface area contributed by atoms with Crippen LogP contribution in [0.3, 0.4) is 0 Å². The number of nitrogens with one attached hydrogen (secondary N) is 1. The maximum atomic E-state index is 10.3. The summed E-state index contributed by atoms with van der Waals surface area (Å²) in [6.07, 6.45) is 0. The largest absolute Gasteiger partial charge is 0.382 e. The highest BCUT2D eigenvalue weighted by Gasteiger charge is 2.08. The molecule has 0 bridgehead atoms. The Morgan fingerprint density at radius 2 is 2.20 bits per heavy atom. The Balaban J connectivity index is 3.82. The third kappa shape index (κ3) is 5.48. The molecule has 6 nitrogen and oxygen atoms in total. The molecule has 0 aliphatic rings. The maximum Gasteiger partial charge on any atom is 0.382 e. The van der Waals surface area contributed by atoms with Crippen molar-refractivity contribution in [2.75, 3.05) is 13.6 Å². The number of hydrogen-bond donors (Lipinski definition) is 2. The van der Waals surface area contributed by atoms with Gasteiger partial charge in [0, 0.05) is 0 Å². The smallest absolute Gasteiger partial charge is 0.333 e. The molecular formula is C3H8N2O4S. The van der Waals surface area contributed by atoms with Crippen LogP contribution in [0.2, 0.25) is 0 Å². The van der Waals surface area contributed by atoms with Crippen LogP contribution in [0.25, 0.3) is 0 Å². The number of likely N-dealkylation sites (N-methyl/N-ethyl adjacent to an activating group) is 1. The average molecular weight is 168 g/mol. The lowest BCUT2D eigenvalue weighted by Crippen LogP contribution is -2.27. The Morgan fingerprint density at radius 1 is 1.70 bits per heavy atom. The summed E-state index contributed by atoms with van der Waals surface area (Å²) in [6, 6.07) is 0. The lowest BCUT2D eigenvalue weighted by Gasteiger charge is -1.97. The lowest BCUT2D eigenvalue weighted by molar-refractivity contribution is -0.132. The third-order valence-electron chi connectivity index (χ3n) is 0.530. The van der Waals surface area contributed by atoms with Crippen molar-refractivity contribution in [3.8, 4) is 0 Å². The number of hydrogen-bond acceptors (Lipinski definition) is 5. The Labute approximate surface area is 58.6 Å². The van der Waals surface area contributed by atoms with Crippen molar-refractivity contribution in [3.05, 3.63) is 0 Å². The molecule has 0 fully saturated rings. The third-order valence-corrected chi connectivity index (χ3v) is 0.948. The van der Waals surface area contributed by atoms with Gasteiger partial charge in [-0.15, -0.1) is 0 Å². The Kier molecular flexibility index (Phi) is 3.26. The van der Waals surface area contributed by atoms with E-state index in [2.05, 4.69) is 14.6 Å². The molecule has 0 unspecified atom stereocenters. The molecule has 0 radical (unpaired) electrons. The first kappa shape index (κ1) is 9.34. The molecular weight excluding hydrogens is 160 g/mol. The summed E-state index contributed by atoms with van der Waals surface area (Å²) in [4.78, 5) is 10.3. The number of carbonyl (C=O) groups excluding carboxylic acids is 1. The Morgan fingerprint density at radius 3 is 2.50 bits per heavy atom. The van der Waals surface area contributed by atoms with E-state index in [4.69, 9.17) is 0 Å². The van der Waals surface area contributed by atoms with E-state index in [0.717, 1.165) is 0 Å². The van der Waals surface area contributed by atoms with Gasteiger partial charge in [0.15, 0.2) is 0 Å². The number of carbonyl (C=O) groups is 1. The van der Waals surface area contributed by atoms with Crippen molar-refractivity contribution in [1.82, 2.24) is 5.32 Å². The van der Waals surface area contributed by atoms with Crippen molar-refractivity contribution in [2.24, 2.45) is 5.14 Å². The topological polar surface area (TPSA) is 98.5 Å². The minimum absolute atomic E-state index is 0.184. The SMILES string of the molecule is CNCC(=O)OS(N)(=O)=O. The minimum atomic E-state index is -4.14. The normalized spacial score (nSPS) is 11.0. The van der Waals surface area contributed by atoms with Gasteiger partial charge in [-0.1, -0.05) is 0 Å². The van der Waals surface area contributed by atoms with Gasteiger partial charge in [-0.05, 0) is 7.05 Å². The predicted molar refractivity (Wildman–Crippen MR) is 33.1 cm³/mol. The van der Waals surface area contributed by atoms with Gasteiger partial charge in [-0.3, -0.25) is 0 Å². The Bertz CT molecular complexity index is 209. The highest BCUT2D eigenvalue weighted by molar-refractivity contribution is 7.84. The second kappa shape index (κ2) is 3.49. The quantitative estimate of drug-likeness (QED) is 0.505. The van der Waals surface area contributed by atoms with Crippen LogP contribution in [0.5, 0.6) is 0 Å². The molecule has 0 rings (SSSR count). The van der Waals surface area contributed by atoms with Gasteiger partial charge in [-0.2, -0.15) is 13.6 Å². The van der Waals surface area contributed by atoms with Gasteiger partial charge >= 0.3 is 16.3 Å². The van der Waals surface area contributed by atoms with Crippen molar-refractivity contribution in [3.63, 3.8) is 0 Å². The summed E-state index contributed by atoms with van der Waals surface area (Å²) >= 11 is 0. The molecule has 0 heterocycles. The molecule has 0 aliphatic carbocycles. The molecule has 0 aromatic rings. The second-order valence-corrected chi connectivity index (χ2v) is 2.63. The second-order valence-electron chi connectivity index (χ2n) is 1.48. The van der Waals surface area contributed by atoms with Crippen LogP contribution in [0.1, 0.15) is 0 Å². The zero-order valence-electron chi connectivity index (χ0n) is 5.33. The number of nitrogens with two attached hydrogens (primary N) is 1. The zero-order chi connectivity index (χ0) is 8.20. The van der Waals surface area contributed by atoms with Gasteiger partial charge in [0.1, 0.15) is 0 Å². The lowest BCUT2D eigenvalue weighted by atomic mass is 10.7. The fraction of sp³-hybridized carbons (Fsp3) is 0.667. The summed E-state index contributed by atoms with van der Waals surface area (Å²) in [5.74, 6) is -0.926. The summed E-state index contributed by atoms with van der Waals surface area (Å²) in [6.45, 7) is -0.184. The molecule has 0 aliphatic heterocycles. The van der Waals surface area contributed by atoms with Crippen molar-refractivity contribution in [2.45, 2.75) is 0 Å². The molecule has 0 aromatic heterocycles. The fourth-order valence-electron chi connectivity index (χ4n) is 0.303. The first-order chi connectivity index (χ1) is 4.45. The minimum Gasteiger partial charge on any atom is -0.333 e. The first-order valence-corrected chi connectivity index (χ1v) is 3.82. The van der Waals surface area contributed by atoms with Crippen LogP contribution in [0, 0.1) is 0 Å². The first-order valence-electron chi connectivity index (χ1n) is 2.35. The van der Waals surface area contributed by atoms with Crippen LogP contribution in [-0.2, 0) is 19.3 Å². The molecule has 0 amide bonds. The van der Waals surface area contributed by atoms with Crippen molar-refractivity contribution in [1.29, 1.82) is 0 Å². The zero-order valence-corrected chi connectivity index (χ0v) is 6.14. The van der Waals surface area contributed by atoms with E-state index in [1.165, 1.54) is 7.05 Å². The van der Waals surface area contributed by atoms with E-state index in [0.29, 0.717) is 0 Å². The Hall–Kier alpha value is -0.660. The van der Waals surface area contributed by atoms with Gasteiger partial charge < -0.3 is 9.50 Å². The number of rotatable bonds is 3. The fourth-order valence-corrected chi connectivity index (χ4v) is 0.621. The summed E-state index contributed by atoms with van der Waals surface area (Å²) in [5.41, 5.74) is 0. The van der Waals surface area contributed by atoms with Crippen LogP contribution < -0.4 is 10.5 Å². The van der Waals surface area contributed by atoms with Gasteiger partial charge in [0.25, 0.3) is 0 Å². The van der Waals surface area contributed by atoms with Crippen LogP contribution in [-0.4, -0.2) is 28.0 Å². The standard InChI is InChI=1S/C3H8N2O4S/c1-5-2-3(6)9-10(4,7)8/h5H,2H2,1H3,(H2,4,7,8). The van der Waals surface area contributed by atoms with E-state index >= 15 is 0 Å². The monoisotopic (exact) mass is 168 g/mol. The molecule has 0 aromatic carbocycles. The highest BCUT2D eigenvalue weighted by Crippen LogP contribution is 1.81. The highest BCUT2D eigenvalue weighted by atomic mass is 32.2. The maximum absolute atomic E-state index is 10.3. The van der Waals surface area contributed by atoms with Crippen LogP contribution in [0.15, 0.2) is 0 Å². The van der Waals surface area contributed by atoms with Gasteiger partial charge in [0.05, 0.1) is 6.54 Å². The molecule has 7 heteroatoms. The predicted octanol–water partition coefficient (Wildman–Crippen LogP) is -2.05. The van der Waals surface area contributed by atoms with Crippen LogP contribution in [0.4, 0.5) is 0 Å². The summed E-state index contributed by atoms with van der Waals surface area (Å²) < 4.78 is 23.8.